The van der Waals surface area contributed by atoms with E-state index in [1.165, 1.54) is 17.7 Å². The SMILES string of the molecule is CCCc1ccc(C(Cl)c2ccc(Cl)c(F)c2)cc1. The molecular weight excluding hydrogens is 282 g/mol. The van der Waals surface area contributed by atoms with Crippen LogP contribution in [-0.2, 0) is 6.42 Å². The maximum Gasteiger partial charge on any atom is 0.142 e. The molecule has 0 heterocycles. The Morgan fingerprint density at radius 2 is 1.68 bits per heavy atom. The van der Waals surface area contributed by atoms with E-state index in [9.17, 15) is 4.39 Å². The van der Waals surface area contributed by atoms with Crippen molar-refractivity contribution in [3.8, 4) is 0 Å². The van der Waals surface area contributed by atoms with Crippen LogP contribution in [0.2, 0.25) is 5.02 Å². The van der Waals surface area contributed by atoms with E-state index in [2.05, 4.69) is 19.1 Å². The highest BCUT2D eigenvalue weighted by molar-refractivity contribution is 6.30. The van der Waals surface area contributed by atoms with Crippen molar-refractivity contribution in [1.29, 1.82) is 0 Å². The average molecular weight is 297 g/mol. The van der Waals surface area contributed by atoms with Crippen molar-refractivity contribution in [2.24, 2.45) is 0 Å². The van der Waals surface area contributed by atoms with Crippen LogP contribution >= 0.6 is 23.2 Å². The predicted octanol–water partition coefficient (Wildman–Crippen LogP) is 5.76. The minimum Gasteiger partial charge on any atom is -0.205 e. The van der Waals surface area contributed by atoms with Crippen LogP contribution in [0.4, 0.5) is 4.39 Å². The van der Waals surface area contributed by atoms with Crippen molar-refractivity contribution in [3.63, 3.8) is 0 Å². The first kappa shape index (κ1) is 14.4. The molecule has 0 saturated carbocycles. The van der Waals surface area contributed by atoms with Gasteiger partial charge in [-0.15, -0.1) is 11.6 Å². The molecule has 0 saturated heterocycles. The van der Waals surface area contributed by atoms with E-state index in [4.69, 9.17) is 23.2 Å². The number of hydrogen-bond donors (Lipinski definition) is 0. The minimum atomic E-state index is -0.438. The topological polar surface area (TPSA) is 0 Å². The predicted molar refractivity (Wildman–Crippen MR) is 79.5 cm³/mol. The Morgan fingerprint density at radius 3 is 2.26 bits per heavy atom. The Kier molecular flexibility index (Phi) is 4.84. The average Bonchev–Trinajstić information content (AvgIpc) is 2.42. The van der Waals surface area contributed by atoms with Crippen LogP contribution in [0.1, 0.15) is 35.4 Å². The summed E-state index contributed by atoms with van der Waals surface area (Å²) < 4.78 is 13.4. The van der Waals surface area contributed by atoms with Crippen molar-refractivity contribution < 1.29 is 4.39 Å². The van der Waals surface area contributed by atoms with Crippen LogP contribution in [0.25, 0.3) is 0 Å². The molecule has 0 nitrogen and oxygen atoms in total. The first-order chi connectivity index (χ1) is 9.11. The highest BCUT2D eigenvalue weighted by atomic mass is 35.5. The second-order valence-electron chi connectivity index (χ2n) is 4.53. The summed E-state index contributed by atoms with van der Waals surface area (Å²) in [5.41, 5.74) is 2.97. The van der Waals surface area contributed by atoms with E-state index in [0.717, 1.165) is 18.4 Å². The van der Waals surface area contributed by atoms with Gasteiger partial charge in [-0.05, 0) is 35.2 Å². The lowest BCUT2D eigenvalue weighted by molar-refractivity contribution is 0.626. The number of halogens is 3. The summed E-state index contributed by atoms with van der Waals surface area (Å²) in [6, 6.07) is 12.8. The molecular formula is C16H15Cl2F. The first-order valence-electron chi connectivity index (χ1n) is 6.29. The van der Waals surface area contributed by atoms with Gasteiger partial charge in [-0.2, -0.15) is 0 Å². The highest BCUT2D eigenvalue weighted by Gasteiger charge is 2.12. The number of rotatable bonds is 4. The van der Waals surface area contributed by atoms with Crippen molar-refractivity contribution in [3.05, 3.63) is 70.0 Å². The smallest absolute Gasteiger partial charge is 0.142 e. The van der Waals surface area contributed by atoms with E-state index in [1.807, 2.05) is 12.1 Å². The third-order valence-electron chi connectivity index (χ3n) is 3.05. The molecule has 0 spiro atoms. The maximum atomic E-state index is 13.4. The Balaban J connectivity index is 2.22. The molecule has 19 heavy (non-hydrogen) atoms. The molecule has 2 aromatic rings. The van der Waals surface area contributed by atoms with Gasteiger partial charge in [-0.1, -0.05) is 55.3 Å². The van der Waals surface area contributed by atoms with Gasteiger partial charge in [0.15, 0.2) is 0 Å². The lowest BCUT2D eigenvalue weighted by Crippen LogP contribution is -1.95. The maximum absolute atomic E-state index is 13.4. The van der Waals surface area contributed by atoms with Crippen LogP contribution in [0.5, 0.6) is 0 Å². The second kappa shape index (κ2) is 6.40. The molecule has 0 fully saturated rings. The molecule has 1 atom stereocenters. The molecule has 0 N–H and O–H groups in total. The number of aryl methyl sites for hydroxylation is 1. The second-order valence-corrected chi connectivity index (χ2v) is 5.37. The molecule has 0 aliphatic carbocycles. The highest BCUT2D eigenvalue weighted by Crippen LogP contribution is 2.30. The molecule has 0 aliphatic rings. The molecule has 0 aromatic heterocycles. The van der Waals surface area contributed by atoms with E-state index in [-0.39, 0.29) is 10.4 Å². The molecule has 2 rings (SSSR count). The quantitative estimate of drug-likeness (QED) is 0.629. The van der Waals surface area contributed by atoms with Gasteiger partial charge in [-0.25, -0.2) is 4.39 Å². The molecule has 0 radical (unpaired) electrons. The van der Waals surface area contributed by atoms with Gasteiger partial charge in [0.1, 0.15) is 5.82 Å². The van der Waals surface area contributed by atoms with Crippen molar-refractivity contribution >= 4 is 23.2 Å². The normalized spacial score (nSPS) is 12.4. The summed E-state index contributed by atoms with van der Waals surface area (Å²) in [4.78, 5) is 0. The zero-order valence-electron chi connectivity index (χ0n) is 10.7. The van der Waals surface area contributed by atoms with Crippen molar-refractivity contribution in [1.82, 2.24) is 0 Å². The fourth-order valence-corrected chi connectivity index (χ4v) is 2.40. The third-order valence-corrected chi connectivity index (χ3v) is 3.86. The van der Waals surface area contributed by atoms with E-state index < -0.39 is 5.82 Å². The number of hydrogen-bond acceptors (Lipinski definition) is 0. The molecule has 0 amide bonds. The van der Waals surface area contributed by atoms with Gasteiger partial charge in [0, 0.05) is 0 Å². The Hall–Kier alpha value is -1.05. The van der Waals surface area contributed by atoms with E-state index in [0.29, 0.717) is 5.56 Å². The largest absolute Gasteiger partial charge is 0.205 e. The third kappa shape index (κ3) is 3.49. The summed E-state index contributed by atoms with van der Waals surface area (Å²) in [7, 11) is 0. The van der Waals surface area contributed by atoms with Crippen LogP contribution in [0.15, 0.2) is 42.5 Å². The molecule has 0 aliphatic heterocycles. The summed E-state index contributed by atoms with van der Waals surface area (Å²) in [6.07, 6.45) is 2.18. The molecule has 0 bridgehead atoms. The summed E-state index contributed by atoms with van der Waals surface area (Å²) in [5, 5.41) is -0.242. The van der Waals surface area contributed by atoms with Gasteiger partial charge in [-0.3, -0.25) is 0 Å². The van der Waals surface area contributed by atoms with E-state index >= 15 is 0 Å². The zero-order valence-corrected chi connectivity index (χ0v) is 12.2. The van der Waals surface area contributed by atoms with Gasteiger partial charge in [0.25, 0.3) is 0 Å². The van der Waals surface area contributed by atoms with Gasteiger partial charge < -0.3 is 0 Å². The Morgan fingerprint density at radius 1 is 1.05 bits per heavy atom. The van der Waals surface area contributed by atoms with Crippen LogP contribution < -0.4 is 0 Å². The summed E-state index contributed by atoms with van der Waals surface area (Å²) >= 11 is 12.0. The fraction of sp³-hybridized carbons (Fsp3) is 0.250. The standard InChI is InChI=1S/C16H15Cl2F/c1-2-3-11-4-6-12(7-5-11)16(18)13-8-9-14(17)15(19)10-13/h4-10,16H,2-3H2,1H3. The first-order valence-corrected chi connectivity index (χ1v) is 7.11. The number of benzene rings is 2. The number of alkyl halides is 1. The minimum absolute atomic E-state index is 0.117. The van der Waals surface area contributed by atoms with Crippen molar-refractivity contribution in [2.45, 2.75) is 25.1 Å². The molecule has 100 valence electrons. The van der Waals surface area contributed by atoms with Crippen molar-refractivity contribution in [2.75, 3.05) is 0 Å². The summed E-state index contributed by atoms with van der Waals surface area (Å²) in [5.74, 6) is -0.438. The molecule has 1 unspecified atom stereocenters. The van der Waals surface area contributed by atoms with Gasteiger partial charge in [0.2, 0.25) is 0 Å². The van der Waals surface area contributed by atoms with Crippen LogP contribution in [0, 0.1) is 5.82 Å². The molecule has 2 aromatic carbocycles. The Bertz CT molecular complexity index is 549. The monoisotopic (exact) mass is 296 g/mol. The van der Waals surface area contributed by atoms with Crippen LogP contribution in [-0.4, -0.2) is 0 Å². The zero-order chi connectivity index (χ0) is 13.8. The van der Waals surface area contributed by atoms with Gasteiger partial charge in [0.05, 0.1) is 10.4 Å². The lowest BCUT2D eigenvalue weighted by atomic mass is 10.0. The summed E-state index contributed by atoms with van der Waals surface area (Å²) in [6.45, 7) is 2.15. The van der Waals surface area contributed by atoms with Crippen LogP contribution in [0.3, 0.4) is 0 Å². The Labute approximate surface area is 123 Å². The fourth-order valence-electron chi connectivity index (χ4n) is 2.00. The molecule has 3 heteroatoms. The lowest BCUT2D eigenvalue weighted by Gasteiger charge is -2.11. The van der Waals surface area contributed by atoms with Gasteiger partial charge >= 0.3 is 0 Å². The van der Waals surface area contributed by atoms with E-state index in [1.54, 1.807) is 6.07 Å².